The topological polar surface area (TPSA) is 150 Å². The molecule has 3 aromatic rings. The van der Waals surface area contributed by atoms with E-state index in [1.54, 1.807) is 49.6 Å². The highest BCUT2D eigenvalue weighted by atomic mass is 32.1. The highest BCUT2D eigenvalue weighted by Gasteiger charge is 2.36. The number of nitrogens with two attached hydrogens (primary N) is 2. The maximum absolute atomic E-state index is 14.1. The molecule has 0 saturated carbocycles. The summed E-state index contributed by atoms with van der Waals surface area (Å²) < 4.78 is 14.9. The van der Waals surface area contributed by atoms with Gasteiger partial charge in [-0.1, -0.05) is 24.3 Å². The molecule has 2 unspecified atom stereocenters. The molecular weight excluding hydrogens is 494 g/mol. The summed E-state index contributed by atoms with van der Waals surface area (Å²) in [4.78, 5) is 41.0. The van der Waals surface area contributed by atoms with Gasteiger partial charge in [-0.15, -0.1) is 0 Å². The number of nitrogen functional groups attached to an aromatic ring is 1. The number of aryl methyl sites for hydroxylation is 1. The Hall–Kier alpha value is -3.96. The number of benzene rings is 2. The Balaban J connectivity index is 1.81. The second-order valence-corrected chi connectivity index (χ2v) is 9.48. The Bertz CT molecular complexity index is 1290. The quantitative estimate of drug-likeness (QED) is 0.390. The lowest BCUT2D eigenvalue weighted by molar-refractivity contribution is -0.123. The van der Waals surface area contributed by atoms with E-state index in [9.17, 15) is 14.4 Å². The number of carbonyl (C=O) groups is 3. The fourth-order valence-corrected chi connectivity index (χ4v) is 4.96. The molecule has 1 fully saturated rings. The Morgan fingerprint density at radius 2 is 2.00 bits per heavy atom. The smallest absolute Gasteiger partial charge is 0.273 e. The lowest BCUT2D eigenvalue weighted by Crippen LogP contribution is -2.45. The van der Waals surface area contributed by atoms with E-state index in [1.807, 2.05) is 13.0 Å². The van der Waals surface area contributed by atoms with E-state index in [2.05, 4.69) is 9.69 Å². The van der Waals surface area contributed by atoms with Crippen molar-refractivity contribution in [2.24, 2.45) is 5.73 Å². The fraction of sp³-hybridized carbons (Fsp3) is 0.308. The zero-order chi connectivity index (χ0) is 26.5. The first kappa shape index (κ1) is 26.1. The number of nitrogens with zero attached hydrogens (tertiary/aromatic N) is 2. The SMILES string of the molecule is COc1ccc(C(C(=O)NCC2CCCO2)N(C(=O)c2snc(C(N)=O)c2N)c2cccc(C)c2)cc1. The highest BCUT2D eigenvalue weighted by Crippen LogP contribution is 2.34. The van der Waals surface area contributed by atoms with E-state index in [0.29, 0.717) is 30.2 Å². The molecule has 5 N–H and O–H groups in total. The second-order valence-electron chi connectivity index (χ2n) is 8.71. The van der Waals surface area contributed by atoms with Gasteiger partial charge in [-0.05, 0) is 66.7 Å². The first-order valence-corrected chi connectivity index (χ1v) is 12.6. The van der Waals surface area contributed by atoms with Crippen LogP contribution in [-0.4, -0.2) is 48.5 Å². The lowest BCUT2D eigenvalue weighted by atomic mass is 10.0. The highest BCUT2D eigenvalue weighted by molar-refractivity contribution is 7.09. The van der Waals surface area contributed by atoms with Gasteiger partial charge in [0.25, 0.3) is 11.8 Å². The number of methoxy groups -OCH3 is 1. The van der Waals surface area contributed by atoms with Crippen molar-refractivity contribution in [1.29, 1.82) is 0 Å². The largest absolute Gasteiger partial charge is 0.497 e. The molecule has 1 aliphatic heterocycles. The third-order valence-corrected chi connectivity index (χ3v) is 6.97. The summed E-state index contributed by atoms with van der Waals surface area (Å²) in [7, 11) is 1.55. The summed E-state index contributed by atoms with van der Waals surface area (Å²) >= 11 is 0.765. The third-order valence-electron chi connectivity index (χ3n) is 6.12. The van der Waals surface area contributed by atoms with Crippen LogP contribution in [0.3, 0.4) is 0 Å². The van der Waals surface area contributed by atoms with E-state index >= 15 is 0 Å². The number of amides is 3. The van der Waals surface area contributed by atoms with E-state index in [0.717, 1.165) is 29.9 Å². The molecule has 37 heavy (non-hydrogen) atoms. The van der Waals surface area contributed by atoms with Crippen LogP contribution < -0.4 is 26.4 Å². The average molecular weight is 524 g/mol. The molecule has 0 spiro atoms. The number of hydrogen-bond acceptors (Lipinski definition) is 8. The minimum absolute atomic E-state index is 0.0146. The van der Waals surface area contributed by atoms with Crippen LogP contribution in [-0.2, 0) is 9.53 Å². The van der Waals surface area contributed by atoms with Gasteiger partial charge in [0, 0.05) is 18.8 Å². The van der Waals surface area contributed by atoms with Gasteiger partial charge in [0.05, 0.1) is 18.9 Å². The predicted molar refractivity (Wildman–Crippen MR) is 141 cm³/mol. The molecule has 2 aromatic carbocycles. The molecular formula is C26H29N5O5S. The molecule has 10 nitrogen and oxygen atoms in total. The summed E-state index contributed by atoms with van der Waals surface area (Å²) in [5.74, 6) is -1.21. The Morgan fingerprint density at radius 1 is 1.24 bits per heavy atom. The first-order valence-electron chi connectivity index (χ1n) is 11.8. The standard InChI is InChI=1S/C26H29N5O5S/c1-15-5-3-6-17(13-15)31(26(34)23-20(27)21(24(28)32)30-37-23)22(16-8-10-18(35-2)11-9-16)25(33)29-14-19-7-4-12-36-19/h3,5-6,8-11,13,19,22H,4,7,12,14,27H2,1-2H3,(H2,28,32)(H,29,33). The zero-order valence-corrected chi connectivity index (χ0v) is 21.4. The number of carbonyl (C=O) groups excluding carboxylic acids is 3. The summed E-state index contributed by atoms with van der Waals surface area (Å²) in [5.41, 5.74) is 13.1. The molecule has 2 heterocycles. The van der Waals surface area contributed by atoms with Gasteiger partial charge in [0.15, 0.2) is 5.69 Å². The Morgan fingerprint density at radius 3 is 2.59 bits per heavy atom. The predicted octanol–water partition coefficient (Wildman–Crippen LogP) is 2.82. The van der Waals surface area contributed by atoms with Gasteiger partial charge in [0.2, 0.25) is 5.91 Å². The van der Waals surface area contributed by atoms with Gasteiger partial charge in [-0.2, -0.15) is 4.37 Å². The normalized spacial score (nSPS) is 15.7. The molecule has 3 amide bonds. The van der Waals surface area contributed by atoms with Gasteiger partial charge in [0.1, 0.15) is 16.7 Å². The second kappa shape index (κ2) is 11.4. The van der Waals surface area contributed by atoms with Crippen LogP contribution in [0.25, 0.3) is 0 Å². The molecule has 194 valence electrons. The van der Waals surface area contributed by atoms with Crippen LogP contribution in [0.1, 0.15) is 50.2 Å². The molecule has 1 aliphatic rings. The summed E-state index contributed by atoms with van der Waals surface area (Å²) in [6, 6.07) is 13.1. The van der Waals surface area contributed by atoms with E-state index in [-0.39, 0.29) is 22.4 Å². The van der Waals surface area contributed by atoms with Gasteiger partial charge in [-0.3, -0.25) is 19.3 Å². The van der Waals surface area contributed by atoms with Crippen molar-refractivity contribution in [2.75, 3.05) is 30.9 Å². The van der Waals surface area contributed by atoms with Crippen LogP contribution in [0.2, 0.25) is 0 Å². The minimum atomic E-state index is -1.07. The molecule has 4 rings (SSSR count). The van der Waals surface area contributed by atoms with Crippen molar-refractivity contribution in [3.05, 3.63) is 70.2 Å². The number of ether oxygens (including phenoxy) is 2. The van der Waals surface area contributed by atoms with Gasteiger partial charge >= 0.3 is 0 Å². The molecule has 1 aromatic heterocycles. The molecule has 0 radical (unpaired) electrons. The number of primary amides is 1. The fourth-order valence-electron chi connectivity index (χ4n) is 4.22. The van der Waals surface area contributed by atoms with Crippen LogP contribution in [0, 0.1) is 6.92 Å². The maximum Gasteiger partial charge on any atom is 0.273 e. The van der Waals surface area contributed by atoms with E-state index in [1.165, 1.54) is 4.90 Å². The molecule has 2 atom stereocenters. The molecule has 0 bridgehead atoms. The van der Waals surface area contributed by atoms with Crippen LogP contribution in [0.5, 0.6) is 5.75 Å². The maximum atomic E-state index is 14.1. The average Bonchev–Trinajstić information content (AvgIpc) is 3.55. The van der Waals surface area contributed by atoms with Crippen molar-refractivity contribution in [3.63, 3.8) is 0 Å². The van der Waals surface area contributed by atoms with Crippen LogP contribution in [0.4, 0.5) is 11.4 Å². The number of aromatic nitrogens is 1. The minimum Gasteiger partial charge on any atom is -0.497 e. The van der Waals surface area contributed by atoms with E-state index < -0.39 is 23.8 Å². The molecule has 1 saturated heterocycles. The Kier molecular flexibility index (Phi) is 8.04. The number of hydrogen-bond donors (Lipinski definition) is 3. The summed E-state index contributed by atoms with van der Waals surface area (Å²) in [5, 5.41) is 2.95. The van der Waals surface area contributed by atoms with E-state index in [4.69, 9.17) is 20.9 Å². The van der Waals surface area contributed by atoms with Gasteiger partial charge < -0.3 is 26.3 Å². The Labute approximate surface area is 218 Å². The number of anilines is 2. The van der Waals surface area contributed by atoms with Crippen molar-refractivity contribution < 1.29 is 23.9 Å². The van der Waals surface area contributed by atoms with Crippen molar-refractivity contribution in [3.8, 4) is 5.75 Å². The van der Waals surface area contributed by atoms with Crippen molar-refractivity contribution in [2.45, 2.75) is 31.9 Å². The van der Waals surface area contributed by atoms with Crippen LogP contribution >= 0.6 is 11.5 Å². The molecule has 0 aliphatic carbocycles. The van der Waals surface area contributed by atoms with Gasteiger partial charge in [-0.25, -0.2) is 0 Å². The number of nitrogens with one attached hydrogen (secondary N) is 1. The third kappa shape index (κ3) is 5.73. The van der Waals surface area contributed by atoms with Crippen LogP contribution in [0.15, 0.2) is 48.5 Å². The first-order chi connectivity index (χ1) is 17.8. The molecule has 11 heteroatoms. The number of rotatable bonds is 9. The summed E-state index contributed by atoms with van der Waals surface area (Å²) in [6.07, 6.45) is 1.70. The monoisotopic (exact) mass is 523 g/mol. The van der Waals surface area contributed by atoms with Crippen molar-refractivity contribution >= 4 is 40.6 Å². The zero-order valence-electron chi connectivity index (χ0n) is 20.6. The lowest BCUT2D eigenvalue weighted by Gasteiger charge is -2.32. The summed E-state index contributed by atoms with van der Waals surface area (Å²) in [6.45, 7) is 2.86. The van der Waals surface area contributed by atoms with Crippen molar-refractivity contribution in [1.82, 2.24) is 9.69 Å².